The summed E-state index contributed by atoms with van der Waals surface area (Å²) in [5, 5.41) is 0. The van der Waals surface area contributed by atoms with Crippen molar-refractivity contribution in [1.82, 2.24) is 0 Å². The molecule has 0 aromatic rings. The molecule has 26 valence electrons. The van der Waals surface area contributed by atoms with E-state index in [-0.39, 0.29) is 39.5 Å². The maximum atomic E-state index is 8.35. The third-order valence-corrected chi connectivity index (χ3v) is 0. The average Bonchev–Trinajstić information content (AvgIpc) is 0.918. The monoisotopic (exact) mass is 120 g/mol. The van der Waals surface area contributed by atoms with Gasteiger partial charge in [0.05, 0.1) is 8.69 Å². The van der Waals surface area contributed by atoms with Crippen molar-refractivity contribution >= 4 is 18.6 Å². The van der Waals surface area contributed by atoms with Gasteiger partial charge in [0.1, 0.15) is 0 Å². The minimum Gasteiger partial charge on any atom is -0.772 e. The van der Waals surface area contributed by atoms with Crippen LogP contribution in [0, 0.1) is 0 Å². The second-order valence-corrected chi connectivity index (χ2v) is 0.224. The zero-order valence-electron chi connectivity index (χ0n) is 2.97. The third kappa shape index (κ3) is 30.1. The van der Waals surface area contributed by atoms with Crippen molar-refractivity contribution in [2.24, 2.45) is 0 Å². The average molecular weight is 120 g/mol. The molecule has 0 bridgehead atoms. The Bertz CT molecular complexity index is 15.1. The summed E-state index contributed by atoms with van der Waals surface area (Å²) in [6.45, 7) is 0. The summed E-state index contributed by atoms with van der Waals surface area (Å²) in [4.78, 5) is 8.35. The van der Waals surface area contributed by atoms with Gasteiger partial charge in [-0.05, 0) is 0 Å². The van der Waals surface area contributed by atoms with E-state index in [2.05, 4.69) is 0 Å². The Morgan fingerprint density at radius 2 is 1.60 bits per heavy atom. The van der Waals surface area contributed by atoms with Crippen LogP contribution in [-0.4, -0.2) is 0 Å². The molecule has 0 amide bonds. The molecule has 0 saturated heterocycles. The maximum absolute atomic E-state index is 8.35. The summed E-state index contributed by atoms with van der Waals surface area (Å²) >= 11 is 0. The molecule has 0 N–H and O–H groups in total. The van der Waals surface area contributed by atoms with Crippen molar-refractivity contribution in [1.29, 1.82) is 0 Å². The van der Waals surface area contributed by atoms with Crippen LogP contribution in [0.2, 0.25) is 0 Å². The Labute approximate surface area is 57.5 Å². The first kappa shape index (κ1) is 16.1. The van der Waals surface area contributed by atoms with Gasteiger partial charge in [0, 0.05) is 0 Å². The molecule has 5 heavy (non-hydrogen) atoms. The van der Waals surface area contributed by atoms with Crippen LogP contribution in [0.4, 0.5) is 0 Å². The van der Waals surface area contributed by atoms with Crippen LogP contribution >= 0.6 is 18.6 Å². The molecule has 0 spiro atoms. The van der Waals surface area contributed by atoms with Crippen LogP contribution in [0.1, 0.15) is 0 Å². The fourth-order valence-corrected chi connectivity index (χ4v) is 0. The van der Waals surface area contributed by atoms with Gasteiger partial charge < -0.3 is 4.89 Å². The van der Waals surface area contributed by atoms with Crippen LogP contribution in [0.5, 0.6) is 0 Å². The zero-order chi connectivity index (χ0) is 2.71. The van der Waals surface area contributed by atoms with E-state index in [1.54, 1.807) is 0 Å². The molecule has 1 atom stereocenters. The molecular weight excluding hydrogens is 117 g/mol. The van der Waals surface area contributed by atoms with Crippen molar-refractivity contribution in [3.05, 3.63) is 0 Å². The summed E-state index contributed by atoms with van der Waals surface area (Å²) in [6.07, 6.45) is 0. The molecule has 1 unspecified atom stereocenters. The Morgan fingerprint density at radius 3 is 1.60 bits per heavy atom. The predicted molar refractivity (Wildman–Crippen MR) is 18.7 cm³/mol. The molecular formula is H3NaO2P2. The van der Waals surface area contributed by atoms with E-state index >= 15 is 0 Å². The summed E-state index contributed by atoms with van der Waals surface area (Å²) in [5.41, 5.74) is 0. The normalized spacial score (nSPS) is 4.20. The van der Waals surface area contributed by atoms with Gasteiger partial charge in [0.25, 0.3) is 0 Å². The van der Waals surface area contributed by atoms with Crippen molar-refractivity contribution < 1.29 is 39.0 Å². The number of rotatable bonds is 0. The molecule has 0 aliphatic heterocycles. The molecule has 0 saturated carbocycles. The molecule has 0 aliphatic carbocycles. The second kappa shape index (κ2) is 17.9. The molecule has 0 rings (SSSR count). The van der Waals surface area contributed by atoms with Crippen molar-refractivity contribution in [3.63, 3.8) is 0 Å². The summed E-state index contributed by atoms with van der Waals surface area (Å²) in [7, 11) is -1.08. The third-order valence-electron chi connectivity index (χ3n) is 0. The largest absolute Gasteiger partial charge is 1.00 e. The van der Waals surface area contributed by atoms with Gasteiger partial charge in [-0.25, -0.2) is 0 Å². The Balaban J connectivity index is -0.0000000200. The van der Waals surface area contributed by atoms with Gasteiger partial charge in [-0.2, -0.15) is 9.90 Å². The van der Waals surface area contributed by atoms with Crippen LogP contribution < -0.4 is 34.5 Å². The maximum Gasteiger partial charge on any atom is 1.00 e. The van der Waals surface area contributed by atoms with Gasteiger partial charge in [-0.15, -0.1) is 0 Å². The van der Waals surface area contributed by atoms with Crippen LogP contribution in [-0.2, 0) is 4.57 Å². The molecule has 0 radical (unpaired) electrons. The number of hydrogen-bond donors (Lipinski definition) is 0. The van der Waals surface area contributed by atoms with Crippen molar-refractivity contribution in [2.75, 3.05) is 0 Å². The molecule has 0 aromatic heterocycles. The number of hydrogen-bond acceptors (Lipinski definition) is 2. The van der Waals surface area contributed by atoms with Gasteiger partial charge >= 0.3 is 29.6 Å². The summed E-state index contributed by atoms with van der Waals surface area (Å²) < 4.78 is 8.35. The molecule has 2 nitrogen and oxygen atoms in total. The van der Waals surface area contributed by atoms with E-state index in [1.807, 2.05) is 0 Å². The van der Waals surface area contributed by atoms with E-state index in [1.165, 1.54) is 0 Å². The Morgan fingerprint density at radius 1 is 1.60 bits per heavy atom. The summed E-state index contributed by atoms with van der Waals surface area (Å²) in [5.74, 6) is 0. The van der Waals surface area contributed by atoms with Crippen LogP contribution in [0.3, 0.4) is 0 Å². The van der Waals surface area contributed by atoms with Crippen LogP contribution in [0.15, 0.2) is 0 Å². The second-order valence-electron chi connectivity index (χ2n) is 0.0745. The first-order valence-corrected chi connectivity index (χ1v) is 1.10. The Kier molecular flexibility index (Phi) is 57.3. The van der Waals surface area contributed by atoms with Gasteiger partial charge in [0.2, 0.25) is 0 Å². The van der Waals surface area contributed by atoms with Crippen molar-refractivity contribution in [3.8, 4) is 0 Å². The quantitative estimate of drug-likeness (QED) is 0.247. The fourth-order valence-electron chi connectivity index (χ4n) is 0. The van der Waals surface area contributed by atoms with Gasteiger partial charge in [0.15, 0.2) is 0 Å². The van der Waals surface area contributed by atoms with Crippen molar-refractivity contribution in [2.45, 2.75) is 0 Å². The molecule has 0 fully saturated rings. The minimum atomic E-state index is -1.08. The summed E-state index contributed by atoms with van der Waals surface area (Å²) in [6, 6.07) is 0. The fraction of sp³-hybridized carbons (Fsp3) is 0. The van der Waals surface area contributed by atoms with Crippen LogP contribution in [0.25, 0.3) is 0 Å². The Hall–Kier alpha value is 1.49. The van der Waals surface area contributed by atoms with Gasteiger partial charge in [-0.3, -0.25) is 4.57 Å². The van der Waals surface area contributed by atoms with E-state index in [4.69, 9.17) is 9.46 Å². The first-order valence-electron chi connectivity index (χ1n) is 0.365. The zero-order valence-corrected chi connectivity index (χ0v) is 7.28. The van der Waals surface area contributed by atoms with E-state index < -0.39 is 8.69 Å². The van der Waals surface area contributed by atoms with E-state index in [0.29, 0.717) is 0 Å². The predicted octanol–water partition coefficient (Wildman–Crippen LogP) is -3.38. The van der Waals surface area contributed by atoms with E-state index in [0.717, 1.165) is 0 Å². The molecule has 0 heterocycles. The molecule has 0 aliphatic rings. The smallest absolute Gasteiger partial charge is 0.772 e. The van der Waals surface area contributed by atoms with E-state index in [9.17, 15) is 0 Å². The molecule has 5 heteroatoms. The molecule has 0 aromatic carbocycles. The standard InChI is InChI=1S/Na.HO2P.H3P/c;1-3-2;/h;(H,1,2);1H3/q+1;;/p-1. The topological polar surface area (TPSA) is 40.1 Å². The SMILES string of the molecule is O=P[O-].P.[Na+]. The minimum absolute atomic E-state index is 0. The van der Waals surface area contributed by atoms with Gasteiger partial charge in [-0.1, -0.05) is 0 Å². The first-order chi connectivity index (χ1) is 1.41.